The molecule has 0 fully saturated rings. The van der Waals surface area contributed by atoms with Gasteiger partial charge in [0.15, 0.2) is 11.6 Å². The number of aromatic hydroxyl groups is 1. The summed E-state index contributed by atoms with van der Waals surface area (Å²) in [6.07, 6.45) is 4.33. The molecule has 5 aromatic rings. The lowest BCUT2D eigenvalue weighted by Gasteiger charge is -2.11. The molecule has 0 saturated heterocycles. The van der Waals surface area contributed by atoms with Crippen LogP contribution in [0, 0.1) is 0 Å². The number of benzene rings is 3. The maximum atomic E-state index is 13.1. The Hall–Kier alpha value is -5.01. The number of aliphatic hydroxyl groups is 1. The van der Waals surface area contributed by atoms with E-state index >= 15 is 0 Å². The number of amides is 1. The molecule has 39 heavy (non-hydrogen) atoms. The zero-order chi connectivity index (χ0) is 27.4. The molecule has 0 spiro atoms. The highest BCUT2D eigenvalue weighted by molar-refractivity contribution is 7.71. The largest absolute Gasteiger partial charge is 0.505 e. The minimum atomic E-state index is -2.80. The van der Waals surface area contributed by atoms with Gasteiger partial charge in [0.25, 0.3) is 11.9 Å². The minimum Gasteiger partial charge on any atom is -0.505 e. The SMILES string of the molecule is O=C(Nc1ccc(CO)cc1)c1cc2ccccc2c(/N=N/c2c(C[SH](=O)=O)cnn2-c2ncccn2)c1O. The predicted octanol–water partition coefficient (Wildman–Crippen LogP) is 3.79. The zero-order valence-electron chi connectivity index (χ0n) is 20.2. The number of aromatic nitrogens is 4. The predicted molar refractivity (Wildman–Crippen MR) is 143 cm³/mol. The van der Waals surface area contributed by atoms with E-state index in [9.17, 15) is 23.4 Å². The Balaban J connectivity index is 1.59. The van der Waals surface area contributed by atoms with Crippen molar-refractivity contribution in [3.63, 3.8) is 0 Å². The smallest absolute Gasteiger partial charge is 0.259 e. The van der Waals surface area contributed by atoms with Crippen molar-refractivity contribution in [3.8, 4) is 11.7 Å². The summed E-state index contributed by atoms with van der Waals surface area (Å²) < 4.78 is 24.2. The van der Waals surface area contributed by atoms with E-state index in [1.54, 1.807) is 54.6 Å². The standard InChI is InChI=1S/C26H21N7O5S/c34-14-16-6-8-19(9-7-16)30-25(36)21-12-17-4-1-2-5-20(17)22(23(21)35)31-32-24-18(15-39(37)38)13-29-33(24)26-27-10-3-11-28-26/h1-13,34-35,39H,14-15H2,(H,30,36)/b32-31+. The molecule has 0 radical (unpaired) electrons. The fourth-order valence-corrected chi connectivity index (χ4v) is 4.36. The molecule has 0 bridgehead atoms. The van der Waals surface area contributed by atoms with Gasteiger partial charge in [-0.2, -0.15) is 9.78 Å². The van der Waals surface area contributed by atoms with Crippen LogP contribution in [-0.2, 0) is 23.1 Å². The van der Waals surface area contributed by atoms with Gasteiger partial charge in [0.05, 0.1) is 24.1 Å². The number of carbonyl (C=O) groups excluding carboxylic acids is 1. The van der Waals surface area contributed by atoms with Crippen LogP contribution in [0.5, 0.6) is 5.75 Å². The molecular formula is C26H21N7O5S. The number of thiol groups is 1. The van der Waals surface area contributed by atoms with Crippen LogP contribution in [0.1, 0.15) is 21.5 Å². The third-order valence-corrected chi connectivity index (χ3v) is 6.34. The van der Waals surface area contributed by atoms with Crippen LogP contribution in [0.15, 0.2) is 89.5 Å². The maximum Gasteiger partial charge on any atom is 0.259 e. The first-order valence-electron chi connectivity index (χ1n) is 11.6. The van der Waals surface area contributed by atoms with E-state index in [0.29, 0.717) is 22.0 Å². The van der Waals surface area contributed by atoms with Crippen molar-refractivity contribution < 1.29 is 23.4 Å². The molecule has 2 heterocycles. The fraction of sp³-hybridized carbons (Fsp3) is 0.0769. The van der Waals surface area contributed by atoms with Crippen molar-refractivity contribution >= 4 is 44.6 Å². The lowest BCUT2D eigenvalue weighted by Crippen LogP contribution is -2.12. The van der Waals surface area contributed by atoms with Gasteiger partial charge in [-0.1, -0.05) is 36.4 Å². The van der Waals surface area contributed by atoms with Gasteiger partial charge in [-0.25, -0.2) is 18.4 Å². The number of aliphatic hydroxyl groups excluding tert-OH is 1. The number of phenols is 1. The third kappa shape index (κ3) is 5.49. The molecule has 5 rings (SSSR count). The molecular weight excluding hydrogens is 522 g/mol. The summed E-state index contributed by atoms with van der Waals surface area (Å²) in [6, 6.07) is 16.8. The number of fused-ring (bicyclic) bond motifs is 1. The van der Waals surface area contributed by atoms with Crippen molar-refractivity contribution in [3.05, 3.63) is 95.9 Å². The summed E-state index contributed by atoms with van der Waals surface area (Å²) in [4.78, 5) is 21.4. The Labute approximate surface area is 223 Å². The molecule has 0 atom stereocenters. The number of azo groups is 1. The first kappa shape index (κ1) is 25.6. The van der Waals surface area contributed by atoms with Crippen LogP contribution in [0.4, 0.5) is 17.2 Å². The Morgan fingerprint density at radius 2 is 1.74 bits per heavy atom. The van der Waals surface area contributed by atoms with Crippen LogP contribution in [-0.4, -0.2) is 44.3 Å². The minimum absolute atomic E-state index is 0.00747. The highest BCUT2D eigenvalue weighted by Gasteiger charge is 2.20. The molecule has 196 valence electrons. The van der Waals surface area contributed by atoms with Gasteiger partial charge in [0, 0.05) is 29.0 Å². The normalized spacial score (nSPS) is 11.4. The van der Waals surface area contributed by atoms with Gasteiger partial charge in [-0.15, -0.1) is 10.2 Å². The van der Waals surface area contributed by atoms with Gasteiger partial charge in [-0.05, 0) is 35.2 Å². The number of anilines is 1. The number of rotatable bonds is 8. The lowest BCUT2D eigenvalue weighted by atomic mass is 10.0. The second kappa shape index (κ2) is 11.2. The molecule has 13 heteroatoms. The fourth-order valence-electron chi connectivity index (χ4n) is 3.86. The van der Waals surface area contributed by atoms with E-state index in [4.69, 9.17) is 0 Å². The molecule has 3 aromatic carbocycles. The molecule has 0 aliphatic carbocycles. The number of hydrogen-bond donors (Lipinski definition) is 4. The van der Waals surface area contributed by atoms with Crippen molar-refractivity contribution in [2.45, 2.75) is 12.4 Å². The van der Waals surface area contributed by atoms with Crippen LogP contribution < -0.4 is 5.32 Å². The summed E-state index contributed by atoms with van der Waals surface area (Å²) in [7, 11) is -2.80. The van der Waals surface area contributed by atoms with Crippen molar-refractivity contribution in [2.75, 3.05) is 5.32 Å². The lowest BCUT2D eigenvalue weighted by molar-refractivity contribution is 0.102. The number of carbonyl (C=O) groups is 1. The summed E-state index contributed by atoms with van der Waals surface area (Å²) in [5.74, 6) is -1.14. The van der Waals surface area contributed by atoms with Crippen LogP contribution in [0.25, 0.3) is 16.7 Å². The molecule has 0 aliphatic heterocycles. The van der Waals surface area contributed by atoms with E-state index in [2.05, 4.69) is 30.6 Å². The summed E-state index contributed by atoms with van der Waals surface area (Å²) in [5, 5.41) is 36.9. The molecule has 0 saturated carbocycles. The number of hydrogen-bond acceptors (Lipinski definition) is 10. The van der Waals surface area contributed by atoms with Gasteiger partial charge >= 0.3 is 0 Å². The highest BCUT2D eigenvalue weighted by atomic mass is 32.2. The van der Waals surface area contributed by atoms with Crippen molar-refractivity contribution in [2.24, 2.45) is 10.2 Å². The topological polar surface area (TPSA) is 172 Å². The Morgan fingerprint density at radius 1 is 1.00 bits per heavy atom. The number of nitrogens with one attached hydrogen (secondary N) is 1. The number of nitrogens with zero attached hydrogens (tertiary/aromatic N) is 6. The van der Waals surface area contributed by atoms with E-state index < -0.39 is 22.4 Å². The second-order valence-electron chi connectivity index (χ2n) is 8.30. The molecule has 2 aromatic heterocycles. The van der Waals surface area contributed by atoms with E-state index in [1.807, 2.05) is 0 Å². The molecule has 12 nitrogen and oxygen atoms in total. The van der Waals surface area contributed by atoms with Crippen LogP contribution in [0.3, 0.4) is 0 Å². The Kier molecular flexibility index (Phi) is 7.34. The average Bonchev–Trinajstić information content (AvgIpc) is 3.34. The van der Waals surface area contributed by atoms with Gasteiger partial charge < -0.3 is 15.5 Å². The quantitative estimate of drug-likeness (QED) is 0.169. The van der Waals surface area contributed by atoms with Gasteiger partial charge in [0.1, 0.15) is 16.4 Å². The first-order valence-corrected chi connectivity index (χ1v) is 12.9. The Morgan fingerprint density at radius 3 is 2.46 bits per heavy atom. The van der Waals surface area contributed by atoms with Crippen molar-refractivity contribution in [1.82, 2.24) is 19.7 Å². The average molecular weight is 544 g/mol. The zero-order valence-corrected chi connectivity index (χ0v) is 21.1. The summed E-state index contributed by atoms with van der Waals surface area (Å²) in [6.45, 7) is -0.129. The molecule has 3 N–H and O–H groups in total. The molecule has 0 aliphatic rings. The Bertz CT molecular complexity index is 1760. The summed E-state index contributed by atoms with van der Waals surface area (Å²) in [5.41, 5.74) is 1.37. The van der Waals surface area contributed by atoms with E-state index in [1.165, 1.54) is 29.3 Å². The van der Waals surface area contributed by atoms with Crippen LogP contribution >= 0.6 is 0 Å². The highest BCUT2D eigenvalue weighted by Crippen LogP contribution is 2.40. The van der Waals surface area contributed by atoms with Crippen LogP contribution in [0.2, 0.25) is 0 Å². The second-order valence-corrected chi connectivity index (χ2v) is 9.28. The van der Waals surface area contributed by atoms with E-state index in [0.717, 1.165) is 0 Å². The summed E-state index contributed by atoms with van der Waals surface area (Å²) >= 11 is 0. The monoisotopic (exact) mass is 543 g/mol. The van der Waals surface area contributed by atoms with E-state index in [-0.39, 0.29) is 40.9 Å². The van der Waals surface area contributed by atoms with Gasteiger partial charge in [-0.3, -0.25) is 4.79 Å². The molecule has 0 unspecified atom stereocenters. The first-order chi connectivity index (χ1) is 18.9. The van der Waals surface area contributed by atoms with Crippen molar-refractivity contribution in [1.29, 1.82) is 0 Å². The third-order valence-electron chi connectivity index (χ3n) is 5.74. The van der Waals surface area contributed by atoms with Gasteiger partial charge in [0.2, 0.25) is 0 Å². The molecule has 1 amide bonds. The number of phenolic OH excluding ortho intramolecular Hbond substituents is 1. The maximum absolute atomic E-state index is 13.1.